The Morgan fingerprint density at radius 1 is 1.04 bits per heavy atom. The molecule has 0 saturated carbocycles. The molecule has 3 aromatic rings. The second-order valence-corrected chi connectivity index (χ2v) is 6.40. The molecule has 0 radical (unpaired) electrons. The molecule has 0 fully saturated rings. The SMILES string of the molecule is CN=C(NCc1ccc(C)cc1)NCc1ccc(-n2ccnc2C)c(F)c1.I. The fourth-order valence-corrected chi connectivity index (χ4v) is 2.79. The standard InChI is InChI=1S/C21H24FN5.HI/c1-15-4-6-17(7-5-15)13-25-21(23-3)26-14-18-8-9-20(19(22)12-18)27-11-10-24-16(27)2;/h4-12H,13-14H2,1-3H3,(H2,23,25,26);1H. The predicted molar refractivity (Wildman–Crippen MR) is 122 cm³/mol. The molecule has 0 bridgehead atoms. The van der Waals surface area contributed by atoms with Gasteiger partial charge in [0.2, 0.25) is 0 Å². The first kappa shape index (κ1) is 21.9. The van der Waals surface area contributed by atoms with E-state index >= 15 is 0 Å². The molecule has 0 aliphatic rings. The summed E-state index contributed by atoms with van der Waals surface area (Å²) < 4.78 is 16.2. The Morgan fingerprint density at radius 3 is 2.25 bits per heavy atom. The zero-order chi connectivity index (χ0) is 19.2. The van der Waals surface area contributed by atoms with Crippen LogP contribution in [0.2, 0.25) is 0 Å². The van der Waals surface area contributed by atoms with Crippen molar-refractivity contribution in [2.24, 2.45) is 4.99 Å². The van der Waals surface area contributed by atoms with E-state index in [2.05, 4.69) is 51.8 Å². The maximum absolute atomic E-state index is 14.5. The highest BCUT2D eigenvalue weighted by molar-refractivity contribution is 14.0. The van der Waals surface area contributed by atoms with Crippen molar-refractivity contribution in [1.29, 1.82) is 0 Å². The summed E-state index contributed by atoms with van der Waals surface area (Å²) in [6.07, 6.45) is 3.41. The third-order valence-corrected chi connectivity index (χ3v) is 4.36. The van der Waals surface area contributed by atoms with Crippen molar-refractivity contribution in [2.45, 2.75) is 26.9 Å². The van der Waals surface area contributed by atoms with E-state index in [1.165, 1.54) is 17.2 Å². The van der Waals surface area contributed by atoms with Gasteiger partial charge in [-0.2, -0.15) is 0 Å². The van der Waals surface area contributed by atoms with Crippen molar-refractivity contribution in [1.82, 2.24) is 20.2 Å². The minimum atomic E-state index is -0.280. The summed E-state index contributed by atoms with van der Waals surface area (Å²) in [5.74, 6) is 1.14. The number of nitrogens with zero attached hydrogens (tertiary/aromatic N) is 3. The molecule has 0 saturated heterocycles. The van der Waals surface area contributed by atoms with E-state index in [4.69, 9.17) is 0 Å². The van der Waals surface area contributed by atoms with Crippen LogP contribution >= 0.6 is 24.0 Å². The lowest BCUT2D eigenvalue weighted by molar-refractivity contribution is 0.613. The van der Waals surface area contributed by atoms with Crippen LogP contribution in [0.3, 0.4) is 0 Å². The Bertz CT molecular complexity index is 934. The Balaban J connectivity index is 0.00000280. The van der Waals surface area contributed by atoms with Crippen molar-refractivity contribution >= 4 is 29.9 Å². The van der Waals surface area contributed by atoms with Crippen LogP contribution in [-0.4, -0.2) is 22.6 Å². The quantitative estimate of drug-likeness (QED) is 0.320. The number of guanidine groups is 1. The molecule has 5 nitrogen and oxygen atoms in total. The molecule has 3 rings (SSSR count). The lowest BCUT2D eigenvalue weighted by Crippen LogP contribution is -2.36. The third kappa shape index (κ3) is 5.54. The topological polar surface area (TPSA) is 54.2 Å². The average Bonchev–Trinajstić information content (AvgIpc) is 3.09. The number of rotatable bonds is 5. The van der Waals surface area contributed by atoms with Crippen LogP contribution in [0.25, 0.3) is 5.69 Å². The molecular weight excluding hydrogens is 468 g/mol. The van der Waals surface area contributed by atoms with Gasteiger partial charge in [-0.05, 0) is 37.1 Å². The smallest absolute Gasteiger partial charge is 0.191 e. The minimum absolute atomic E-state index is 0. The van der Waals surface area contributed by atoms with E-state index in [-0.39, 0.29) is 29.8 Å². The lowest BCUT2D eigenvalue weighted by atomic mass is 10.1. The maximum atomic E-state index is 14.5. The number of hydrogen-bond acceptors (Lipinski definition) is 2. The Hall–Kier alpha value is -2.42. The molecule has 7 heteroatoms. The first-order valence-electron chi connectivity index (χ1n) is 8.85. The normalized spacial score (nSPS) is 11.1. The fourth-order valence-electron chi connectivity index (χ4n) is 2.79. The number of halogens is 2. The van der Waals surface area contributed by atoms with Gasteiger partial charge in [0.05, 0.1) is 5.69 Å². The number of nitrogens with one attached hydrogen (secondary N) is 2. The average molecular weight is 493 g/mol. The monoisotopic (exact) mass is 493 g/mol. The summed E-state index contributed by atoms with van der Waals surface area (Å²) in [4.78, 5) is 8.35. The van der Waals surface area contributed by atoms with Crippen LogP contribution in [0, 0.1) is 19.7 Å². The highest BCUT2D eigenvalue weighted by atomic mass is 127. The predicted octanol–water partition coefficient (Wildman–Crippen LogP) is 4.11. The van der Waals surface area contributed by atoms with Crippen LogP contribution in [0.15, 0.2) is 59.9 Å². The van der Waals surface area contributed by atoms with Gasteiger partial charge in [0.25, 0.3) is 0 Å². The second kappa shape index (κ2) is 10.2. The molecule has 148 valence electrons. The van der Waals surface area contributed by atoms with Crippen LogP contribution in [0.4, 0.5) is 4.39 Å². The van der Waals surface area contributed by atoms with E-state index in [9.17, 15) is 4.39 Å². The second-order valence-electron chi connectivity index (χ2n) is 6.40. The molecule has 0 atom stereocenters. The van der Waals surface area contributed by atoms with Gasteiger partial charge in [-0.15, -0.1) is 24.0 Å². The first-order valence-corrected chi connectivity index (χ1v) is 8.85. The van der Waals surface area contributed by atoms with Crippen molar-refractivity contribution in [3.8, 4) is 5.69 Å². The van der Waals surface area contributed by atoms with Gasteiger partial charge in [0, 0.05) is 32.5 Å². The molecular formula is C21H25FIN5. The molecule has 0 aliphatic carbocycles. The fraction of sp³-hybridized carbons (Fsp3) is 0.238. The van der Waals surface area contributed by atoms with E-state index in [1.54, 1.807) is 30.1 Å². The van der Waals surface area contributed by atoms with Gasteiger partial charge in [-0.1, -0.05) is 35.9 Å². The zero-order valence-corrected chi connectivity index (χ0v) is 18.6. The van der Waals surface area contributed by atoms with E-state index in [0.29, 0.717) is 24.7 Å². The highest BCUT2D eigenvalue weighted by Gasteiger charge is 2.08. The summed E-state index contributed by atoms with van der Waals surface area (Å²) in [6.45, 7) is 5.07. The Labute approximate surface area is 182 Å². The van der Waals surface area contributed by atoms with E-state index in [1.807, 2.05) is 13.0 Å². The molecule has 2 aromatic carbocycles. The van der Waals surface area contributed by atoms with Crippen molar-refractivity contribution in [2.75, 3.05) is 7.05 Å². The molecule has 0 amide bonds. The lowest BCUT2D eigenvalue weighted by Gasteiger charge is -2.13. The van der Waals surface area contributed by atoms with Gasteiger partial charge in [-0.3, -0.25) is 4.99 Å². The molecule has 1 heterocycles. The van der Waals surface area contributed by atoms with Crippen molar-refractivity contribution in [3.05, 3.63) is 83.2 Å². The van der Waals surface area contributed by atoms with Crippen molar-refractivity contribution < 1.29 is 4.39 Å². The van der Waals surface area contributed by atoms with Crippen LogP contribution in [0.1, 0.15) is 22.5 Å². The summed E-state index contributed by atoms with van der Waals surface area (Å²) in [6, 6.07) is 13.5. The Morgan fingerprint density at radius 2 is 1.68 bits per heavy atom. The van der Waals surface area contributed by atoms with Gasteiger partial charge in [-0.25, -0.2) is 9.37 Å². The summed E-state index contributed by atoms with van der Waals surface area (Å²) >= 11 is 0. The van der Waals surface area contributed by atoms with Gasteiger partial charge >= 0.3 is 0 Å². The number of aromatic nitrogens is 2. The summed E-state index contributed by atoms with van der Waals surface area (Å²) in [5, 5.41) is 6.48. The summed E-state index contributed by atoms with van der Waals surface area (Å²) in [5.41, 5.74) is 3.75. The molecule has 0 unspecified atom stereocenters. The molecule has 0 aliphatic heterocycles. The van der Waals surface area contributed by atoms with Crippen LogP contribution in [0.5, 0.6) is 0 Å². The number of aryl methyl sites for hydroxylation is 2. The molecule has 0 spiro atoms. The highest BCUT2D eigenvalue weighted by Crippen LogP contribution is 2.16. The number of aliphatic imine (C=N–C) groups is 1. The summed E-state index contributed by atoms with van der Waals surface area (Å²) in [7, 11) is 1.72. The Kier molecular flexibility index (Phi) is 7.98. The number of imidazole rings is 1. The van der Waals surface area contributed by atoms with Crippen molar-refractivity contribution in [3.63, 3.8) is 0 Å². The van der Waals surface area contributed by atoms with E-state index < -0.39 is 0 Å². The van der Waals surface area contributed by atoms with Gasteiger partial charge in [0.15, 0.2) is 5.96 Å². The molecule has 1 aromatic heterocycles. The first-order chi connectivity index (χ1) is 13.1. The maximum Gasteiger partial charge on any atom is 0.191 e. The number of benzene rings is 2. The zero-order valence-electron chi connectivity index (χ0n) is 16.2. The molecule has 2 N–H and O–H groups in total. The molecule has 28 heavy (non-hydrogen) atoms. The third-order valence-electron chi connectivity index (χ3n) is 4.36. The van der Waals surface area contributed by atoms with Crippen LogP contribution in [-0.2, 0) is 13.1 Å². The minimum Gasteiger partial charge on any atom is -0.352 e. The van der Waals surface area contributed by atoms with Crippen LogP contribution < -0.4 is 10.6 Å². The number of hydrogen-bond donors (Lipinski definition) is 2. The van der Waals surface area contributed by atoms with Gasteiger partial charge < -0.3 is 15.2 Å². The largest absolute Gasteiger partial charge is 0.352 e. The van der Waals surface area contributed by atoms with E-state index in [0.717, 1.165) is 11.4 Å². The van der Waals surface area contributed by atoms with Gasteiger partial charge in [0.1, 0.15) is 11.6 Å².